The minimum absolute atomic E-state index is 0.208. The summed E-state index contributed by atoms with van der Waals surface area (Å²) in [4.78, 5) is 0. The Bertz CT molecular complexity index is 272. The Morgan fingerprint density at radius 2 is 2.21 bits per heavy atom. The van der Waals surface area contributed by atoms with Gasteiger partial charge in [0.15, 0.2) is 0 Å². The van der Waals surface area contributed by atoms with E-state index in [-0.39, 0.29) is 5.41 Å². The van der Waals surface area contributed by atoms with Gasteiger partial charge in [-0.25, -0.2) is 0 Å². The first-order valence-corrected chi connectivity index (χ1v) is 5.27. The Hall–Kier alpha value is -0.850. The summed E-state index contributed by atoms with van der Waals surface area (Å²) in [6.45, 7) is 3.40. The summed E-state index contributed by atoms with van der Waals surface area (Å²) in [5.41, 5.74) is 1.13. The predicted molar refractivity (Wildman–Crippen MR) is 53.7 cm³/mol. The molecule has 0 atom stereocenters. The van der Waals surface area contributed by atoms with Gasteiger partial charge in [-0.1, -0.05) is 11.6 Å². The molecule has 0 bridgehead atoms. The van der Waals surface area contributed by atoms with E-state index < -0.39 is 0 Å². The third-order valence-electron chi connectivity index (χ3n) is 3.24. The molecule has 3 heteroatoms. The van der Waals surface area contributed by atoms with Crippen molar-refractivity contribution in [3.63, 3.8) is 0 Å². The number of rotatable bonds is 1. The van der Waals surface area contributed by atoms with Gasteiger partial charge in [0.25, 0.3) is 0 Å². The summed E-state index contributed by atoms with van der Waals surface area (Å²) in [6.07, 6.45) is 4.95. The van der Waals surface area contributed by atoms with Crippen molar-refractivity contribution in [2.45, 2.75) is 19.3 Å². The maximum atomic E-state index is 9.33. The van der Waals surface area contributed by atoms with Crippen LogP contribution in [0.25, 0.3) is 0 Å². The normalized spacial score (nSPS) is 26.4. The van der Waals surface area contributed by atoms with Crippen LogP contribution in [0.3, 0.4) is 0 Å². The molecular weight excluding hydrogens is 176 g/mol. The number of nitrogens with one attached hydrogen (secondary N) is 1. The largest absolute Gasteiger partial charge is 0.381 e. The van der Waals surface area contributed by atoms with Crippen LogP contribution < -0.4 is 5.32 Å². The monoisotopic (exact) mass is 192 g/mol. The summed E-state index contributed by atoms with van der Waals surface area (Å²) < 4.78 is 5.32. The fraction of sp³-hybridized carbons (Fsp3) is 0.727. The number of nitriles is 1. The van der Waals surface area contributed by atoms with E-state index in [1.165, 1.54) is 5.57 Å². The standard InChI is InChI=1S/C11H16N2O/c12-9-11(3-7-14-8-4-11)10-1-5-13-6-2-10/h1,13H,2-8H2. The van der Waals surface area contributed by atoms with E-state index in [1.807, 2.05) is 0 Å². The van der Waals surface area contributed by atoms with E-state index in [0.717, 1.165) is 45.6 Å². The number of ether oxygens (including phenoxy) is 1. The Kier molecular flexibility index (Phi) is 2.85. The molecule has 1 N–H and O–H groups in total. The molecule has 2 aliphatic heterocycles. The van der Waals surface area contributed by atoms with Gasteiger partial charge in [-0.2, -0.15) is 5.26 Å². The molecular formula is C11H16N2O. The third-order valence-corrected chi connectivity index (χ3v) is 3.24. The molecule has 0 aromatic carbocycles. The van der Waals surface area contributed by atoms with E-state index in [0.29, 0.717) is 0 Å². The highest BCUT2D eigenvalue weighted by molar-refractivity contribution is 5.26. The second-order valence-corrected chi connectivity index (χ2v) is 3.99. The first-order chi connectivity index (χ1) is 6.87. The highest BCUT2D eigenvalue weighted by Crippen LogP contribution is 2.39. The predicted octanol–water partition coefficient (Wildman–Crippen LogP) is 1.23. The van der Waals surface area contributed by atoms with Crippen molar-refractivity contribution in [3.05, 3.63) is 11.6 Å². The summed E-state index contributed by atoms with van der Waals surface area (Å²) in [5.74, 6) is 0. The summed E-state index contributed by atoms with van der Waals surface area (Å²) in [5, 5.41) is 12.6. The van der Waals surface area contributed by atoms with Crippen LogP contribution in [0.4, 0.5) is 0 Å². The van der Waals surface area contributed by atoms with Gasteiger partial charge in [0.05, 0.1) is 11.5 Å². The molecule has 3 nitrogen and oxygen atoms in total. The average Bonchev–Trinajstić information content (AvgIpc) is 2.31. The molecule has 0 aliphatic carbocycles. The molecule has 0 aromatic rings. The average molecular weight is 192 g/mol. The Labute approximate surface area is 84.7 Å². The van der Waals surface area contributed by atoms with E-state index in [9.17, 15) is 5.26 Å². The van der Waals surface area contributed by atoms with Crippen LogP contribution in [0.15, 0.2) is 11.6 Å². The van der Waals surface area contributed by atoms with E-state index >= 15 is 0 Å². The highest BCUT2D eigenvalue weighted by atomic mass is 16.5. The lowest BCUT2D eigenvalue weighted by Gasteiger charge is -2.34. The van der Waals surface area contributed by atoms with Crippen molar-refractivity contribution >= 4 is 0 Å². The second-order valence-electron chi connectivity index (χ2n) is 3.99. The van der Waals surface area contributed by atoms with Crippen LogP contribution in [0, 0.1) is 16.7 Å². The molecule has 0 aromatic heterocycles. The first kappa shape index (κ1) is 9.70. The molecule has 0 unspecified atom stereocenters. The molecule has 2 heterocycles. The lowest BCUT2D eigenvalue weighted by molar-refractivity contribution is 0.0525. The fourth-order valence-electron chi connectivity index (χ4n) is 2.28. The first-order valence-electron chi connectivity index (χ1n) is 5.27. The summed E-state index contributed by atoms with van der Waals surface area (Å²) in [6, 6.07) is 2.51. The molecule has 0 spiro atoms. The van der Waals surface area contributed by atoms with Crippen LogP contribution >= 0.6 is 0 Å². The zero-order chi connectivity index (χ0) is 9.86. The van der Waals surface area contributed by atoms with E-state index in [4.69, 9.17) is 4.74 Å². The van der Waals surface area contributed by atoms with Crippen molar-refractivity contribution < 1.29 is 4.74 Å². The van der Waals surface area contributed by atoms with Gasteiger partial charge in [-0.3, -0.25) is 0 Å². The smallest absolute Gasteiger partial charge is 0.0827 e. The van der Waals surface area contributed by atoms with Crippen LogP contribution in [0.2, 0.25) is 0 Å². The van der Waals surface area contributed by atoms with Gasteiger partial charge >= 0.3 is 0 Å². The van der Waals surface area contributed by atoms with Crippen molar-refractivity contribution in [2.24, 2.45) is 5.41 Å². The van der Waals surface area contributed by atoms with Gasteiger partial charge in [0, 0.05) is 19.8 Å². The Morgan fingerprint density at radius 1 is 1.43 bits per heavy atom. The topological polar surface area (TPSA) is 45.0 Å². The van der Waals surface area contributed by atoms with Gasteiger partial charge in [0.2, 0.25) is 0 Å². The molecule has 0 saturated carbocycles. The van der Waals surface area contributed by atoms with Crippen molar-refractivity contribution in [3.8, 4) is 6.07 Å². The Morgan fingerprint density at radius 3 is 2.79 bits per heavy atom. The summed E-state index contributed by atoms with van der Waals surface area (Å²) >= 11 is 0. The molecule has 1 saturated heterocycles. The molecule has 2 rings (SSSR count). The van der Waals surface area contributed by atoms with Gasteiger partial charge in [-0.15, -0.1) is 0 Å². The number of hydrogen-bond donors (Lipinski definition) is 1. The number of hydrogen-bond acceptors (Lipinski definition) is 3. The van der Waals surface area contributed by atoms with E-state index in [1.54, 1.807) is 0 Å². The van der Waals surface area contributed by atoms with Crippen molar-refractivity contribution in [1.29, 1.82) is 5.26 Å². The van der Waals surface area contributed by atoms with Crippen LogP contribution in [-0.4, -0.2) is 26.3 Å². The lowest BCUT2D eigenvalue weighted by Crippen LogP contribution is -2.34. The highest BCUT2D eigenvalue weighted by Gasteiger charge is 2.36. The quantitative estimate of drug-likeness (QED) is 0.635. The zero-order valence-electron chi connectivity index (χ0n) is 8.38. The maximum Gasteiger partial charge on any atom is 0.0827 e. The zero-order valence-corrected chi connectivity index (χ0v) is 8.38. The molecule has 14 heavy (non-hydrogen) atoms. The summed E-state index contributed by atoms with van der Waals surface area (Å²) in [7, 11) is 0. The minimum atomic E-state index is -0.208. The molecule has 0 radical (unpaired) electrons. The molecule has 1 fully saturated rings. The van der Waals surface area contributed by atoms with Crippen LogP contribution in [0.5, 0.6) is 0 Å². The minimum Gasteiger partial charge on any atom is -0.381 e. The molecule has 76 valence electrons. The number of nitrogens with zero attached hydrogens (tertiary/aromatic N) is 1. The van der Waals surface area contributed by atoms with Crippen LogP contribution in [0.1, 0.15) is 19.3 Å². The fourth-order valence-corrected chi connectivity index (χ4v) is 2.28. The molecule has 2 aliphatic rings. The van der Waals surface area contributed by atoms with Gasteiger partial charge in [-0.05, 0) is 25.8 Å². The van der Waals surface area contributed by atoms with Crippen molar-refractivity contribution in [1.82, 2.24) is 5.32 Å². The second kappa shape index (κ2) is 4.12. The van der Waals surface area contributed by atoms with Gasteiger partial charge in [0.1, 0.15) is 0 Å². The van der Waals surface area contributed by atoms with E-state index in [2.05, 4.69) is 17.5 Å². The third kappa shape index (κ3) is 1.68. The SMILES string of the molecule is N#CC1(C2=CCNCC2)CCOCC1. The van der Waals surface area contributed by atoms with Crippen LogP contribution in [-0.2, 0) is 4.74 Å². The Balaban J connectivity index is 2.18. The van der Waals surface area contributed by atoms with Crippen molar-refractivity contribution in [2.75, 3.05) is 26.3 Å². The lowest BCUT2D eigenvalue weighted by atomic mass is 9.73. The van der Waals surface area contributed by atoms with Gasteiger partial charge < -0.3 is 10.1 Å². The maximum absolute atomic E-state index is 9.33. The molecule has 0 amide bonds.